The van der Waals surface area contributed by atoms with Gasteiger partial charge >= 0.3 is 6.61 Å². The Hall–Kier alpha value is -3.15. The molecule has 8 nitrogen and oxygen atoms in total. The second-order valence-electron chi connectivity index (χ2n) is 7.88. The normalized spacial score (nSPS) is 20.5. The van der Waals surface area contributed by atoms with Crippen LogP contribution < -0.4 is 16.0 Å². The van der Waals surface area contributed by atoms with Crippen LogP contribution in [0.15, 0.2) is 29.3 Å². The Labute approximate surface area is 185 Å². The summed E-state index contributed by atoms with van der Waals surface area (Å²) < 4.78 is 65.8. The lowest BCUT2D eigenvalue weighted by Gasteiger charge is -2.36. The fraction of sp³-hybridized carbons (Fsp3) is 0.476. The Bertz CT molecular complexity index is 1230. The number of ether oxygens (including phenoxy) is 2. The zero-order chi connectivity index (χ0) is 23.9. The molecule has 1 aliphatic rings. The molecule has 12 heteroatoms. The van der Waals surface area contributed by atoms with Crippen LogP contribution in [0.1, 0.15) is 32.2 Å². The zero-order valence-corrected chi connectivity index (χ0v) is 18.0. The molecule has 2 atom stereocenters. The third-order valence-electron chi connectivity index (χ3n) is 5.89. The van der Waals surface area contributed by atoms with Crippen molar-refractivity contribution in [3.05, 3.63) is 34.9 Å². The number of halogens is 4. The number of alkyl halides is 4. The number of aryl methyl sites for hydroxylation is 1. The van der Waals surface area contributed by atoms with Crippen LogP contribution in [0.25, 0.3) is 22.2 Å². The van der Waals surface area contributed by atoms with Crippen molar-refractivity contribution in [2.24, 2.45) is 0 Å². The maximum absolute atomic E-state index is 13.9. The van der Waals surface area contributed by atoms with Crippen molar-refractivity contribution in [1.82, 2.24) is 19.3 Å². The molecule has 4 rings (SSSR count). The molecule has 0 aliphatic heterocycles. The lowest BCUT2D eigenvalue weighted by molar-refractivity contribution is -0.106. The molecule has 0 saturated heterocycles. The van der Waals surface area contributed by atoms with Gasteiger partial charge in [-0.1, -0.05) is 0 Å². The van der Waals surface area contributed by atoms with E-state index in [0.29, 0.717) is 23.2 Å². The number of hydrogen-bond acceptors (Lipinski definition) is 6. The predicted octanol–water partition coefficient (Wildman–Crippen LogP) is 3.84. The SMILES string of the molecule is CCn1nc(-c2cnc(N)c(OC(F)F)c2)c2ccn([C@@H]3CCC(F)(F)C[C@@H]3OC)c(=O)c21. The number of rotatable bonds is 6. The highest BCUT2D eigenvalue weighted by Crippen LogP contribution is 2.40. The number of fused-ring (bicyclic) bond motifs is 1. The predicted molar refractivity (Wildman–Crippen MR) is 113 cm³/mol. The first-order chi connectivity index (χ1) is 15.6. The number of anilines is 1. The van der Waals surface area contributed by atoms with Crippen molar-refractivity contribution in [2.75, 3.05) is 12.8 Å². The first-order valence-electron chi connectivity index (χ1n) is 10.4. The van der Waals surface area contributed by atoms with Gasteiger partial charge in [0.05, 0.1) is 12.1 Å². The lowest BCUT2D eigenvalue weighted by atomic mass is 9.89. The van der Waals surface area contributed by atoms with E-state index >= 15 is 0 Å². The van der Waals surface area contributed by atoms with Gasteiger partial charge in [0.2, 0.25) is 0 Å². The highest BCUT2D eigenvalue weighted by molar-refractivity contribution is 5.93. The van der Waals surface area contributed by atoms with Crippen LogP contribution in [-0.4, -0.2) is 45.1 Å². The maximum atomic E-state index is 13.9. The van der Waals surface area contributed by atoms with Crippen LogP contribution in [0, 0.1) is 0 Å². The lowest BCUT2D eigenvalue weighted by Crippen LogP contribution is -2.42. The highest BCUT2D eigenvalue weighted by atomic mass is 19.3. The van der Waals surface area contributed by atoms with Crippen molar-refractivity contribution < 1.29 is 27.0 Å². The summed E-state index contributed by atoms with van der Waals surface area (Å²) in [5.41, 5.74) is 6.14. The molecule has 3 aromatic heterocycles. The molecule has 0 amide bonds. The molecule has 0 unspecified atom stereocenters. The average molecular weight is 469 g/mol. The van der Waals surface area contributed by atoms with Gasteiger partial charge in [-0.25, -0.2) is 13.8 Å². The molecule has 2 N–H and O–H groups in total. The zero-order valence-electron chi connectivity index (χ0n) is 18.0. The number of pyridine rings is 2. The molecule has 1 saturated carbocycles. The Morgan fingerprint density at radius 3 is 2.79 bits per heavy atom. The summed E-state index contributed by atoms with van der Waals surface area (Å²) in [6.07, 6.45) is 1.32. The fourth-order valence-corrected chi connectivity index (χ4v) is 4.32. The number of nitrogen functional groups attached to an aromatic ring is 1. The highest BCUT2D eigenvalue weighted by Gasteiger charge is 2.42. The van der Waals surface area contributed by atoms with Gasteiger partial charge in [0, 0.05) is 49.8 Å². The minimum Gasteiger partial charge on any atom is -0.431 e. The van der Waals surface area contributed by atoms with Gasteiger partial charge in [0.15, 0.2) is 11.6 Å². The minimum atomic E-state index is -3.09. The summed E-state index contributed by atoms with van der Waals surface area (Å²) in [4.78, 5) is 17.3. The fourth-order valence-electron chi connectivity index (χ4n) is 4.32. The van der Waals surface area contributed by atoms with Gasteiger partial charge in [0.1, 0.15) is 11.2 Å². The molecule has 3 heterocycles. The summed E-state index contributed by atoms with van der Waals surface area (Å²) in [6.45, 7) is -0.952. The smallest absolute Gasteiger partial charge is 0.387 e. The molecule has 0 radical (unpaired) electrons. The Kier molecular flexibility index (Phi) is 6.04. The molecule has 1 aliphatic carbocycles. The summed E-state index contributed by atoms with van der Waals surface area (Å²) in [5.74, 6) is -3.36. The quantitative estimate of drug-likeness (QED) is 0.551. The van der Waals surface area contributed by atoms with Gasteiger partial charge in [0.25, 0.3) is 11.5 Å². The topological polar surface area (TPSA) is 97.2 Å². The van der Waals surface area contributed by atoms with Crippen molar-refractivity contribution in [3.63, 3.8) is 0 Å². The number of aromatic nitrogens is 4. The standard InChI is InChI=1S/C21H23F4N5O3/c1-3-30-17-12(16(28-30)11-8-14(33-20(22)23)18(26)27-10-11)5-7-29(19(17)31)13-4-6-21(24,25)9-15(13)32-2/h5,7-8,10,13,15,20H,3-4,6,9H2,1-2H3,(H2,26,27)/t13-,15+/m1/s1. The van der Waals surface area contributed by atoms with E-state index in [0.717, 1.165) is 0 Å². The van der Waals surface area contributed by atoms with Crippen molar-refractivity contribution in [1.29, 1.82) is 0 Å². The van der Waals surface area contributed by atoms with Gasteiger partial charge in [-0.3, -0.25) is 9.48 Å². The van der Waals surface area contributed by atoms with E-state index in [1.807, 2.05) is 0 Å². The van der Waals surface area contributed by atoms with E-state index in [1.165, 1.54) is 34.8 Å². The summed E-state index contributed by atoms with van der Waals surface area (Å²) in [6, 6.07) is 2.38. The van der Waals surface area contributed by atoms with Crippen LogP contribution in [0.4, 0.5) is 23.4 Å². The van der Waals surface area contributed by atoms with Gasteiger partial charge < -0.3 is 19.8 Å². The Balaban J connectivity index is 1.82. The number of nitrogens with two attached hydrogens (primary N) is 1. The second-order valence-corrected chi connectivity index (χ2v) is 7.88. The maximum Gasteiger partial charge on any atom is 0.387 e. The monoisotopic (exact) mass is 469 g/mol. The minimum absolute atomic E-state index is 0.0836. The van der Waals surface area contributed by atoms with E-state index in [4.69, 9.17) is 10.5 Å². The third kappa shape index (κ3) is 4.26. The van der Waals surface area contributed by atoms with Crippen LogP contribution in [0.2, 0.25) is 0 Å². The van der Waals surface area contributed by atoms with E-state index < -0.39 is 36.7 Å². The summed E-state index contributed by atoms with van der Waals surface area (Å²) >= 11 is 0. The number of methoxy groups -OCH3 is 1. The van der Waals surface area contributed by atoms with Crippen molar-refractivity contribution in [2.45, 2.75) is 57.4 Å². The first-order valence-corrected chi connectivity index (χ1v) is 10.4. The van der Waals surface area contributed by atoms with Crippen LogP contribution in [0.5, 0.6) is 5.75 Å². The molecular formula is C21H23F4N5O3. The van der Waals surface area contributed by atoms with Crippen molar-refractivity contribution >= 4 is 16.7 Å². The molecule has 33 heavy (non-hydrogen) atoms. The van der Waals surface area contributed by atoms with Crippen molar-refractivity contribution in [3.8, 4) is 17.0 Å². The second kappa shape index (κ2) is 8.65. The molecule has 0 spiro atoms. The molecule has 1 fully saturated rings. The average Bonchev–Trinajstić information content (AvgIpc) is 3.15. The van der Waals surface area contributed by atoms with Gasteiger partial charge in [-0.15, -0.1) is 0 Å². The van der Waals surface area contributed by atoms with E-state index in [1.54, 1.807) is 13.0 Å². The van der Waals surface area contributed by atoms with Crippen LogP contribution in [0.3, 0.4) is 0 Å². The van der Waals surface area contributed by atoms with E-state index in [9.17, 15) is 22.4 Å². The van der Waals surface area contributed by atoms with E-state index in [2.05, 4.69) is 14.8 Å². The molecule has 178 valence electrons. The largest absolute Gasteiger partial charge is 0.431 e. The Morgan fingerprint density at radius 1 is 1.36 bits per heavy atom. The summed E-state index contributed by atoms with van der Waals surface area (Å²) in [7, 11) is 1.35. The van der Waals surface area contributed by atoms with Crippen LogP contribution in [-0.2, 0) is 11.3 Å². The van der Waals surface area contributed by atoms with Gasteiger partial charge in [-0.05, 0) is 25.5 Å². The Morgan fingerprint density at radius 2 is 2.12 bits per heavy atom. The summed E-state index contributed by atoms with van der Waals surface area (Å²) in [5, 5.41) is 4.93. The van der Waals surface area contributed by atoms with Gasteiger partial charge in [-0.2, -0.15) is 13.9 Å². The third-order valence-corrected chi connectivity index (χ3v) is 5.89. The number of hydrogen-bond donors (Lipinski definition) is 1. The van der Waals surface area contributed by atoms with E-state index in [-0.39, 0.29) is 29.9 Å². The molecule has 3 aromatic rings. The molecule has 0 aromatic carbocycles. The number of nitrogens with zero attached hydrogens (tertiary/aromatic N) is 4. The molecule has 0 bridgehead atoms. The molecular weight excluding hydrogens is 446 g/mol. The first kappa shape index (κ1) is 23.0. The van der Waals surface area contributed by atoms with Crippen LogP contribution >= 0.6 is 0 Å².